The van der Waals surface area contributed by atoms with E-state index in [0.29, 0.717) is 6.04 Å². The van der Waals surface area contributed by atoms with Crippen LogP contribution in [0, 0.1) is 0 Å². The van der Waals surface area contributed by atoms with Crippen LogP contribution in [0.25, 0.3) is 0 Å². The average molecular weight is 295 g/mol. The Bertz CT molecular complexity index is 417. The SMILES string of the molecule is C[C@@H]1CN(CC2(O)CCCCC2)CCN1c1nccs1. The lowest BCUT2D eigenvalue weighted by atomic mass is 9.84. The molecule has 0 spiro atoms. The predicted octanol–water partition coefficient (Wildman–Crippen LogP) is 2.35. The summed E-state index contributed by atoms with van der Waals surface area (Å²) in [5.74, 6) is 0. The molecule has 112 valence electrons. The lowest BCUT2D eigenvalue weighted by Crippen LogP contribution is -2.56. The molecule has 1 aliphatic heterocycles. The number of anilines is 1. The van der Waals surface area contributed by atoms with E-state index in [-0.39, 0.29) is 0 Å². The Morgan fingerprint density at radius 2 is 2.15 bits per heavy atom. The summed E-state index contributed by atoms with van der Waals surface area (Å²) in [7, 11) is 0. The Balaban J connectivity index is 1.56. The summed E-state index contributed by atoms with van der Waals surface area (Å²) >= 11 is 1.72. The van der Waals surface area contributed by atoms with Crippen LogP contribution in [0.3, 0.4) is 0 Å². The molecule has 0 radical (unpaired) electrons. The van der Waals surface area contributed by atoms with Gasteiger partial charge in [0.15, 0.2) is 5.13 Å². The highest BCUT2D eigenvalue weighted by atomic mass is 32.1. The number of thiazole rings is 1. The number of piperazine rings is 1. The topological polar surface area (TPSA) is 39.6 Å². The molecule has 1 atom stereocenters. The Kier molecular flexibility index (Phi) is 4.29. The molecule has 1 saturated heterocycles. The normalized spacial score (nSPS) is 27.7. The molecule has 0 unspecified atom stereocenters. The smallest absolute Gasteiger partial charge is 0.185 e. The minimum Gasteiger partial charge on any atom is -0.389 e. The van der Waals surface area contributed by atoms with Gasteiger partial charge < -0.3 is 10.0 Å². The van der Waals surface area contributed by atoms with E-state index in [0.717, 1.165) is 44.2 Å². The van der Waals surface area contributed by atoms with Crippen molar-refractivity contribution in [2.75, 3.05) is 31.1 Å². The van der Waals surface area contributed by atoms with Gasteiger partial charge in [0.1, 0.15) is 0 Å². The van der Waals surface area contributed by atoms with Gasteiger partial charge in [-0.15, -0.1) is 11.3 Å². The highest BCUT2D eigenvalue weighted by Crippen LogP contribution is 2.30. The van der Waals surface area contributed by atoms with Gasteiger partial charge in [-0.2, -0.15) is 0 Å². The number of β-amino-alcohol motifs (C(OH)–C–C–N with tert-alkyl or cyclic N) is 1. The van der Waals surface area contributed by atoms with Gasteiger partial charge in [0.2, 0.25) is 0 Å². The van der Waals surface area contributed by atoms with E-state index in [1.54, 1.807) is 11.3 Å². The van der Waals surface area contributed by atoms with Crippen LogP contribution in [0.15, 0.2) is 11.6 Å². The minimum atomic E-state index is -0.429. The number of aromatic nitrogens is 1. The van der Waals surface area contributed by atoms with E-state index < -0.39 is 5.60 Å². The number of hydrogen-bond acceptors (Lipinski definition) is 5. The fraction of sp³-hybridized carbons (Fsp3) is 0.800. The maximum atomic E-state index is 10.7. The molecule has 1 aromatic heterocycles. The molecule has 1 aliphatic carbocycles. The van der Waals surface area contributed by atoms with Gasteiger partial charge in [0.05, 0.1) is 5.60 Å². The lowest BCUT2D eigenvalue weighted by molar-refractivity contribution is -0.0292. The van der Waals surface area contributed by atoms with Crippen molar-refractivity contribution >= 4 is 16.5 Å². The van der Waals surface area contributed by atoms with Crippen LogP contribution in [0.4, 0.5) is 5.13 Å². The number of aliphatic hydroxyl groups is 1. The van der Waals surface area contributed by atoms with Gasteiger partial charge in [-0.3, -0.25) is 4.90 Å². The van der Waals surface area contributed by atoms with Crippen molar-refractivity contribution in [3.8, 4) is 0 Å². The molecule has 1 saturated carbocycles. The fourth-order valence-electron chi connectivity index (χ4n) is 3.60. The summed E-state index contributed by atoms with van der Waals surface area (Å²) in [6.45, 7) is 6.19. The fourth-order valence-corrected chi connectivity index (χ4v) is 4.37. The van der Waals surface area contributed by atoms with Gasteiger partial charge in [0, 0.05) is 43.8 Å². The first-order valence-electron chi connectivity index (χ1n) is 7.77. The quantitative estimate of drug-likeness (QED) is 0.929. The third-order valence-electron chi connectivity index (χ3n) is 4.68. The molecular formula is C15H25N3OS. The summed E-state index contributed by atoms with van der Waals surface area (Å²) < 4.78 is 0. The zero-order valence-corrected chi connectivity index (χ0v) is 13.1. The summed E-state index contributed by atoms with van der Waals surface area (Å²) in [5.41, 5.74) is -0.429. The van der Waals surface area contributed by atoms with Crippen LogP contribution < -0.4 is 4.90 Å². The predicted molar refractivity (Wildman–Crippen MR) is 83.4 cm³/mol. The molecule has 5 heteroatoms. The molecule has 4 nitrogen and oxygen atoms in total. The van der Waals surface area contributed by atoms with Crippen LogP contribution in [0.1, 0.15) is 39.0 Å². The molecule has 20 heavy (non-hydrogen) atoms. The molecule has 0 bridgehead atoms. The van der Waals surface area contributed by atoms with Crippen molar-refractivity contribution < 1.29 is 5.11 Å². The Labute approximate surface area is 125 Å². The third kappa shape index (κ3) is 3.15. The number of hydrogen-bond donors (Lipinski definition) is 1. The first-order valence-corrected chi connectivity index (χ1v) is 8.65. The Morgan fingerprint density at radius 3 is 2.80 bits per heavy atom. The van der Waals surface area contributed by atoms with Gasteiger partial charge in [-0.05, 0) is 19.8 Å². The molecule has 1 aromatic rings. The molecule has 2 aliphatic rings. The van der Waals surface area contributed by atoms with E-state index in [4.69, 9.17) is 0 Å². The number of nitrogens with zero attached hydrogens (tertiary/aromatic N) is 3. The third-order valence-corrected chi connectivity index (χ3v) is 5.49. The molecule has 0 amide bonds. The second kappa shape index (κ2) is 6.00. The average Bonchev–Trinajstić information content (AvgIpc) is 2.93. The van der Waals surface area contributed by atoms with Crippen molar-refractivity contribution in [2.24, 2.45) is 0 Å². The highest BCUT2D eigenvalue weighted by Gasteiger charge is 2.34. The molecular weight excluding hydrogens is 270 g/mol. The van der Waals surface area contributed by atoms with Crippen molar-refractivity contribution in [3.05, 3.63) is 11.6 Å². The van der Waals surface area contributed by atoms with Crippen LogP contribution in [-0.4, -0.2) is 52.8 Å². The van der Waals surface area contributed by atoms with Gasteiger partial charge in [-0.1, -0.05) is 19.3 Å². The molecule has 0 aromatic carbocycles. The molecule has 3 rings (SSSR count). The van der Waals surface area contributed by atoms with E-state index in [9.17, 15) is 5.11 Å². The highest BCUT2D eigenvalue weighted by molar-refractivity contribution is 7.13. The zero-order valence-electron chi connectivity index (χ0n) is 12.3. The standard InChI is InChI=1S/C15H25N3OS/c1-13-11-17(12-15(19)5-3-2-4-6-15)8-9-18(13)14-16-7-10-20-14/h7,10,13,19H,2-6,8-9,11-12H2,1H3/t13-/m1/s1. The van der Waals surface area contributed by atoms with Gasteiger partial charge >= 0.3 is 0 Å². The van der Waals surface area contributed by atoms with Crippen molar-refractivity contribution in [1.82, 2.24) is 9.88 Å². The van der Waals surface area contributed by atoms with Gasteiger partial charge in [-0.25, -0.2) is 4.98 Å². The van der Waals surface area contributed by atoms with Crippen LogP contribution in [-0.2, 0) is 0 Å². The van der Waals surface area contributed by atoms with E-state index in [2.05, 4.69) is 21.7 Å². The number of rotatable bonds is 3. The molecule has 2 heterocycles. The molecule has 1 N–H and O–H groups in total. The molecule has 2 fully saturated rings. The van der Waals surface area contributed by atoms with E-state index >= 15 is 0 Å². The first-order chi connectivity index (χ1) is 9.66. The summed E-state index contributed by atoms with van der Waals surface area (Å²) in [4.78, 5) is 9.26. The van der Waals surface area contributed by atoms with Crippen LogP contribution in [0.5, 0.6) is 0 Å². The summed E-state index contributed by atoms with van der Waals surface area (Å²) in [6, 6.07) is 0.474. The van der Waals surface area contributed by atoms with E-state index in [1.807, 2.05) is 11.6 Å². The second-order valence-corrected chi connectivity index (χ2v) is 7.25. The van der Waals surface area contributed by atoms with Crippen molar-refractivity contribution in [1.29, 1.82) is 0 Å². The maximum absolute atomic E-state index is 10.7. The Morgan fingerprint density at radius 1 is 1.35 bits per heavy atom. The van der Waals surface area contributed by atoms with Crippen LogP contribution in [0.2, 0.25) is 0 Å². The van der Waals surface area contributed by atoms with Crippen molar-refractivity contribution in [2.45, 2.75) is 50.7 Å². The lowest BCUT2D eigenvalue weighted by Gasteiger charge is -2.43. The maximum Gasteiger partial charge on any atom is 0.185 e. The summed E-state index contributed by atoms with van der Waals surface area (Å²) in [5, 5.41) is 13.9. The minimum absolute atomic E-state index is 0.429. The van der Waals surface area contributed by atoms with Gasteiger partial charge in [0.25, 0.3) is 0 Å². The van der Waals surface area contributed by atoms with Crippen LogP contribution >= 0.6 is 11.3 Å². The second-order valence-electron chi connectivity index (χ2n) is 6.38. The first kappa shape index (κ1) is 14.3. The zero-order chi connectivity index (χ0) is 14.0. The Hall–Kier alpha value is -0.650. The largest absolute Gasteiger partial charge is 0.389 e. The van der Waals surface area contributed by atoms with Crippen molar-refractivity contribution in [3.63, 3.8) is 0 Å². The summed E-state index contributed by atoms with van der Waals surface area (Å²) in [6.07, 6.45) is 7.50. The monoisotopic (exact) mass is 295 g/mol. The van der Waals surface area contributed by atoms with E-state index in [1.165, 1.54) is 19.3 Å².